The molecule has 0 fully saturated rings. The van der Waals surface area contributed by atoms with Gasteiger partial charge in [0, 0.05) is 5.02 Å². The summed E-state index contributed by atoms with van der Waals surface area (Å²) < 4.78 is 45.6. The molecule has 2 rings (SSSR count). The molecule has 4 nitrogen and oxygen atoms in total. The molecular weight excluding hydrogens is 407 g/mol. The monoisotopic (exact) mass is 429 g/mol. The van der Waals surface area contributed by atoms with E-state index in [1.165, 1.54) is 12.1 Å². The van der Waals surface area contributed by atoms with Crippen LogP contribution < -0.4 is 10.5 Å². The van der Waals surface area contributed by atoms with Gasteiger partial charge in [-0.15, -0.1) is 0 Å². The van der Waals surface area contributed by atoms with Gasteiger partial charge in [-0.05, 0) is 54.3 Å². The average molecular weight is 430 g/mol. The second-order valence-electron chi connectivity index (χ2n) is 6.77. The standard InChI is InChI=1S/C21H23ClF3NO3/c22-17-6-3-15(4-7-17)2-1-11-29-19-8-5-16(12-18(19)21(23,24)25)9-10-20(26,13-27)14-28/h1-8,12,27-28H,9-11,13-14,26H2/b2-1+. The Hall–Kier alpha value is -2.06. The van der Waals surface area contributed by atoms with Crippen molar-refractivity contribution in [1.82, 2.24) is 0 Å². The van der Waals surface area contributed by atoms with Crippen LogP contribution in [0.4, 0.5) is 13.2 Å². The van der Waals surface area contributed by atoms with Crippen molar-refractivity contribution in [3.63, 3.8) is 0 Å². The SMILES string of the molecule is NC(CO)(CO)CCc1ccc(OC/C=C/c2ccc(Cl)cc2)c(C(F)(F)F)c1. The van der Waals surface area contributed by atoms with E-state index in [-0.39, 0.29) is 25.2 Å². The van der Waals surface area contributed by atoms with Gasteiger partial charge in [0.05, 0.1) is 24.3 Å². The van der Waals surface area contributed by atoms with Gasteiger partial charge in [0.25, 0.3) is 0 Å². The Labute approximate surface area is 172 Å². The highest BCUT2D eigenvalue weighted by Crippen LogP contribution is 2.37. The third-order valence-corrected chi connectivity index (χ3v) is 4.66. The lowest BCUT2D eigenvalue weighted by atomic mass is 9.93. The van der Waals surface area contributed by atoms with E-state index < -0.39 is 30.5 Å². The Balaban J connectivity index is 2.08. The highest BCUT2D eigenvalue weighted by Gasteiger charge is 2.35. The molecule has 158 valence electrons. The van der Waals surface area contributed by atoms with Crippen LogP contribution in [0.15, 0.2) is 48.5 Å². The summed E-state index contributed by atoms with van der Waals surface area (Å²) >= 11 is 5.80. The average Bonchev–Trinajstić information content (AvgIpc) is 2.70. The van der Waals surface area contributed by atoms with Crippen LogP contribution in [0.25, 0.3) is 6.08 Å². The van der Waals surface area contributed by atoms with E-state index in [1.54, 1.807) is 36.4 Å². The van der Waals surface area contributed by atoms with Crippen LogP contribution in [0.3, 0.4) is 0 Å². The van der Waals surface area contributed by atoms with Crippen LogP contribution >= 0.6 is 11.6 Å². The van der Waals surface area contributed by atoms with Crippen LogP contribution in [-0.4, -0.2) is 35.6 Å². The van der Waals surface area contributed by atoms with Gasteiger partial charge in [0.1, 0.15) is 12.4 Å². The minimum absolute atomic E-state index is 0.0357. The van der Waals surface area contributed by atoms with Crippen LogP contribution in [-0.2, 0) is 12.6 Å². The molecule has 0 aromatic heterocycles. The molecular formula is C21H23ClF3NO3. The maximum atomic E-state index is 13.4. The zero-order valence-corrected chi connectivity index (χ0v) is 16.4. The number of benzene rings is 2. The molecule has 0 heterocycles. The fraction of sp³-hybridized carbons (Fsp3) is 0.333. The predicted octanol–water partition coefficient (Wildman–Crippen LogP) is 4.07. The molecule has 2 aromatic rings. The lowest BCUT2D eigenvalue weighted by Gasteiger charge is -2.24. The van der Waals surface area contributed by atoms with Crippen LogP contribution in [0.2, 0.25) is 5.02 Å². The number of alkyl halides is 3. The van der Waals surface area contributed by atoms with Crippen molar-refractivity contribution in [3.05, 3.63) is 70.3 Å². The molecule has 0 aliphatic rings. The fourth-order valence-electron chi connectivity index (χ4n) is 2.58. The summed E-state index contributed by atoms with van der Waals surface area (Å²) in [7, 11) is 0. The molecule has 0 saturated heterocycles. The summed E-state index contributed by atoms with van der Waals surface area (Å²) in [4.78, 5) is 0. The number of ether oxygens (including phenoxy) is 1. The number of hydrogen-bond acceptors (Lipinski definition) is 4. The Kier molecular flexibility index (Phi) is 8.10. The second kappa shape index (κ2) is 10.1. The number of rotatable bonds is 9. The van der Waals surface area contributed by atoms with Crippen molar-refractivity contribution in [2.75, 3.05) is 19.8 Å². The van der Waals surface area contributed by atoms with Crippen molar-refractivity contribution < 1.29 is 28.1 Å². The van der Waals surface area contributed by atoms with Crippen molar-refractivity contribution in [2.45, 2.75) is 24.6 Å². The van der Waals surface area contributed by atoms with Gasteiger partial charge < -0.3 is 20.7 Å². The lowest BCUT2D eigenvalue weighted by molar-refractivity contribution is -0.138. The third kappa shape index (κ3) is 7.04. The Morgan fingerprint density at radius 1 is 1.03 bits per heavy atom. The summed E-state index contributed by atoms with van der Waals surface area (Å²) in [6, 6.07) is 10.8. The van der Waals surface area contributed by atoms with Gasteiger partial charge in [-0.2, -0.15) is 13.2 Å². The van der Waals surface area contributed by atoms with E-state index in [1.807, 2.05) is 0 Å². The maximum Gasteiger partial charge on any atom is 0.419 e. The van der Waals surface area contributed by atoms with Crippen molar-refractivity contribution in [2.24, 2.45) is 5.73 Å². The molecule has 0 aliphatic heterocycles. The summed E-state index contributed by atoms with van der Waals surface area (Å²) in [5.41, 5.74) is 4.89. The smallest absolute Gasteiger partial charge is 0.419 e. The minimum Gasteiger partial charge on any atom is -0.489 e. The number of hydrogen-bond donors (Lipinski definition) is 3. The summed E-state index contributed by atoms with van der Waals surface area (Å²) in [6.07, 6.45) is -0.928. The maximum absolute atomic E-state index is 13.4. The lowest BCUT2D eigenvalue weighted by Crippen LogP contribution is -2.47. The largest absolute Gasteiger partial charge is 0.489 e. The minimum atomic E-state index is -4.58. The number of aryl methyl sites for hydroxylation is 1. The van der Waals surface area contributed by atoms with Gasteiger partial charge in [-0.1, -0.05) is 35.9 Å². The molecule has 29 heavy (non-hydrogen) atoms. The Morgan fingerprint density at radius 3 is 2.28 bits per heavy atom. The molecule has 0 spiro atoms. The van der Waals surface area contributed by atoms with E-state index in [9.17, 15) is 23.4 Å². The molecule has 8 heteroatoms. The van der Waals surface area contributed by atoms with Crippen LogP contribution in [0.5, 0.6) is 5.75 Å². The first-order valence-corrected chi connectivity index (χ1v) is 9.30. The summed E-state index contributed by atoms with van der Waals surface area (Å²) in [5.74, 6) is -0.273. The number of aliphatic hydroxyl groups excluding tert-OH is 2. The van der Waals surface area contributed by atoms with Gasteiger partial charge in [0.15, 0.2) is 0 Å². The molecule has 0 radical (unpaired) electrons. The molecule has 2 aromatic carbocycles. The first kappa shape index (κ1) is 23.2. The zero-order chi connectivity index (χ0) is 21.5. The van der Waals surface area contributed by atoms with E-state index in [0.717, 1.165) is 11.6 Å². The molecule has 0 amide bonds. The van der Waals surface area contributed by atoms with Crippen molar-refractivity contribution in [3.8, 4) is 5.75 Å². The predicted molar refractivity (Wildman–Crippen MR) is 107 cm³/mol. The zero-order valence-electron chi connectivity index (χ0n) is 15.6. The molecule has 0 aliphatic carbocycles. The number of nitrogens with two attached hydrogens (primary N) is 1. The fourth-order valence-corrected chi connectivity index (χ4v) is 2.70. The highest BCUT2D eigenvalue weighted by molar-refractivity contribution is 6.30. The molecule has 0 atom stereocenters. The molecule has 4 N–H and O–H groups in total. The van der Waals surface area contributed by atoms with Crippen molar-refractivity contribution in [1.29, 1.82) is 0 Å². The van der Waals surface area contributed by atoms with Crippen LogP contribution in [0.1, 0.15) is 23.1 Å². The number of halogens is 4. The first-order chi connectivity index (χ1) is 13.7. The second-order valence-corrected chi connectivity index (χ2v) is 7.21. The topological polar surface area (TPSA) is 75.7 Å². The first-order valence-electron chi connectivity index (χ1n) is 8.92. The van der Waals surface area contributed by atoms with Gasteiger partial charge in [-0.3, -0.25) is 0 Å². The van der Waals surface area contributed by atoms with Crippen LogP contribution in [0, 0.1) is 0 Å². The Morgan fingerprint density at radius 2 is 1.69 bits per heavy atom. The molecule has 0 unspecified atom stereocenters. The quantitative estimate of drug-likeness (QED) is 0.561. The van der Waals surface area contributed by atoms with E-state index in [0.29, 0.717) is 10.6 Å². The Bertz CT molecular complexity index is 819. The number of aliphatic hydroxyl groups is 2. The van der Waals surface area contributed by atoms with Gasteiger partial charge in [-0.25, -0.2) is 0 Å². The van der Waals surface area contributed by atoms with Gasteiger partial charge >= 0.3 is 6.18 Å². The third-order valence-electron chi connectivity index (χ3n) is 4.41. The molecule has 0 saturated carbocycles. The normalized spacial score (nSPS) is 12.5. The van der Waals surface area contributed by atoms with E-state index >= 15 is 0 Å². The van der Waals surface area contributed by atoms with E-state index in [4.69, 9.17) is 22.1 Å². The summed E-state index contributed by atoms with van der Waals surface area (Å²) in [5, 5.41) is 19.0. The van der Waals surface area contributed by atoms with Gasteiger partial charge in [0.2, 0.25) is 0 Å². The highest BCUT2D eigenvalue weighted by atomic mass is 35.5. The molecule has 0 bridgehead atoms. The summed E-state index contributed by atoms with van der Waals surface area (Å²) in [6.45, 7) is -0.959. The van der Waals surface area contributed by atoms with E-state index in [2.05, 4.69) is 0 Å². The van der Waals surface area contributed by atoms with Crippen molar-refractivity contribution >= 4 is 17.7 Å².